The number of hydrogen-bond donors (Lipinski definition) is 0. The molecule has 0 saturated heterocycles. The molecule has 1 fully saturated rings. The molecule has 0 unspecified atom stereocenters. The number of nitro benzene ring substituents is 1. The summed E-state index contributed by atoms with van der Waals surface area (Å²) in [6.45, 7) is 0.381. The zero-order chi connectivity index (χ0) is 14.4. The summed E-state index contributed by atoms with van der Waals surface area (Å²) in [6, 6.07) is 5.31. The molecule has 0 amide bonds. The highest BCUT2D eigenvalue weighted by Gasteiger charge is 2.16. The number of carbonyl (C=O) groups excluding carboxylic acids is 1. The third-order valence-corrected chi connectivity index (χ3v) is 3.41. The van der Waals surface area contributed by atoms with Gasteiger partial charge >= 0.3 is 6.16 Å². The van der Waals surface area contributed by atoms with E-state index in [0.717, 1.165) is 12.8 Å². The minimum absolute atomic E-state index is 0.0482. The molecule has 0 heterocycles. The van der Waals surface area contributed by atoms with Crippen molar-refractivity contribution in [1.82, 2.24) is 0 Å². The minimum Gasteiger partial charge on any atom is -0.434 e. The number of nitro groups is 1. The summed E-state index contributed by atoms with van der Waals surface area (Å²) in [7, 11) is 0. The van der Waals surface area contributed by atoms with Gasteiger partial charge in [0.05, 0.1) is 11.5 Å². The quantitative estimate of drug-likeness (QED) is 0.363. The molecule has 0 N–H and O–H groups in total. The molecule has 0 atom stereocenters. The van der Waals surface area contributed by atoms with Gasteiger partial charge in [-0.25, -0.2) is 4.79 Å². The summed E-state index contributed by atoms with van der Waals surface area (Å²) in [6.07, 6.45) is 5.04. The SMILES string of the molecule is O=C(OCC1CCCCC1)Oc1ccc([N+](=O)[O-])cc1. The van der Waals surface area contributed by atoms with E-state index in [1.165, 1.54) is 43.5 Å². The van der Waals surface area contributed by atoms with Crippen LogP contribution < -0.4 is 4.74 Å². The largest absolute Gasteiger partial charge is 0.513 e. The Morgan fingerprint density at radius 1 is 1.20 bits per heavy atom. The first kappa shape index (κ1) is 14.3. The molecule has 1 aromatic carbocycles. The predicted molar refractivity (Wildman–Crippen MR) is 71.6 cm³/mol. The number of rotatable bonds is 4. The van der Waals surface area contributed by atoms with Gasteiger partial charge in [-0.3, -0.25) is 10.1 Å². The molecule has 1 saturated carbocycles. The highest BCUT2D eigenvalue weighted by Crippen LogP contribution is 2.24. The van der Waals surface area contributed by atoms with Gasteiger partial charge in [0.1, 0.15) is 5.75 Å². The van der Waals surface area contributed by atoms with E-state index in [0.29, 0.717) is 12.5 Å². The maximum absolute atomic E-state index is 11.5. The first-order valence-electron chi connectivity index (χ1n) is 6.74. The Hall–Kier alpha value is -2.11. The molecular weight excluding hydrogens is 262 g/mol. The van der Waals surface area contributed by atoms with Crippen LogP contribution in [-0.2, 0) is 4.74 Å². The molecule has 6 nitrogen and oxygen atoms in total. The van der Waals surface area contributed by atoms with Gasteiger partial charge in [-0.2, -0.15) is 0 Å². The van der Waals surface area contributed by atoms with E-state index in [9.17, 15) is 14.9 Å². The molecule has 0 aliphatic heterocycles. The summed E-state index contributed by atoms with van der Waals surface area (Å²) in [5, 5.41) is 10.5. The maximum Gasteiger partial charge on any atom is 0.513 e. The Bertz CT molecular complexity index is 465. The number of non-ortho nitro benzene ring substituents is 1. The van der Waals surface area contributed by atoms with Crippen molar-refractivity contribution in [3.8, 4) is 5.75 Å². The van der Waals surface area contributed by atoms with E-state index < -0.39 is 11.1 Å². The van der Waals surface area contributed by atoms with Gasteiger partial charge in [0.25, 0.3) is 5.69 Å². The second-order valence-corrected chi connectivity index (χ2v) is 4.92. The normalized spacial score (nSPS) is 15.6. The van der Waals surface area contributed by atoms with Gasteiger partial charge in [-0.15, -0.1) is 0 Å². The summed E-state index contributed by atoms with van der Waals surface area (Å²) >= 11 is 0. The topological polar surface area (TPSA) is 78.7 Å². The molecule has 1 aliphatic carbocycles. The second kappa shape index (κ2) is 6.88. The van der Waals surface area contributed by atoms with Gasteiger partial charge in [0.2, 0.25) is 0 Å². The van der Waals surface area contributed by atoms with E-state index in [2.05, 4.69) is 0 Å². The molecule has 1 aromatic rings. The summed E-state index contributed by atoms with van der Waals surface area (Å²) in [4.78, 5) is 21.5. The van der Waals surface area contributed by atoms with Gasteiger partial charge in [0, 0.05) is 12.1 Å². The molecule has 0 spiro atoms. The van der Waals surface area contributed by atoms with Crippen molar-refractivity contribution in [1.29, 1.82) is 0 Å². The molecule has 0 radical (unpaired) electrons. The molecular formula is C14H17NO5. The summed E-state index contributed by atoms with van der Waals surface area (Å²) < 4.78 is 10.0. The van der Waals surface area contributed by atoms with E-state index in [-0.39, 0.29) is 11.4 Å². The number of benzene rings is 1. The second-order valence-electron chi connectivity index (χ2n) is 4.92. The lowest BCUT2D eigenvalue weighted by Gasteiger charge is -2.20. The number of ether oxygens (including phenoxy) is 2. The molecule has 108 valence electrons. The van der Waals surface area contributed by atoms with E-state index in [1.54, 1.807) is 0 Å². The predicted octanol–water partition coefficient (Wildman–Crippen LogP) is 3.69. The lowest BCUT2D eigenvalue weighted by Crippen LogP contribution is -2.18. The van der Waals surface area contributed by atoms with Crippen LogP contribution in [0.25, 0.3) is 0 Å². The smallest absolute Gasteiger partial charge is 0.434 e. The molecule has 6 heteroatoms. The van der Waals surface area contributed by atoms with Crippen LogP contribution in [-0.4, -0.2) is 17.7 Å². The first-order valence-corrected chi connectivity index (χ1v) is 6.74. The monoisotopic (exact) mass is 279 g/mol. The third kappa shape index (κ3) is 4.22. The zero-order valence-electron chi connectivity index (χ0n) is 11.1. The molecule has 0 bridgehead atoms. The highest BCUT2D eigenvalue weighted by molar-refractivity contribution is 5.63. The van der Waals surface area contributed by atoms with Crippen LogP contribution in [0.3, 0.4) is 0 Å². The standard InChI is InChI=1S/C14H17NO5/c16-14(19-10-11-4-2-1-3-5-11)20-13-8-6-12(7-9-13)15(17)18/h6-9,11H,1-5,10H2. The van der Waals surface area contributed by atoms with Crippen molar-refractivity contribution in [3.05, 3.63) is 34.4 Å². The fourth-order valence-electron chi connectivity index (χ4n) is 2.30. The van der Waals surface area contributed by atoms with E-state index >= 15 is 0 Å². The highest BCUT2D eigenvalue weighted by atomic mass is 16.7. The molecule has 1 aliphatic rings. The Morgan fingerprint density at radius 2 is 1.85 bits per heavy atom. The van der Waals surface area contributed by atoms with Crippen LogP contribution >= 0.6 is 0 Å². The van der Waals surface area contributed by atoms with Crippen LogP contribution in [0.15, 0.2) is 24.3 Å². The average Bonchev–Trinajstić information content (AvgIpc) is 2.47. The first-order chi connectivity index (χ1) is 9.65. The Morgan fingerprint density at radius 3 is 2.45 bits per heavy atom. The van der Waals surface area contributed by atoms with E-state index in [4.69, 9.17) is 9.47 Å². The third-order valence-electron chi connectivity index (χ3n) is 3.41. The molecule has 2 rings (SSSR count). The van der Waals surface area contributed by atoms with Crippen LogP contribution in [0, 0.1) is 16.0 Å². The van der Waals surface area contributed by atoms with Crippen LogP contribution in [0.5, 0.6) is 5.75 Å². The van der Waals surface area contributed by atoms with Crippen molar-refractivity contribution in [2.45, 2.75) is 32.1 Å². The van der Waals surface area contributed by atoms with Gasteiger partial charge in [-0.05, 0) is 30.9 Å². The molecule has 0 aromatic heterocycles. The minimum atomic E-state index is -0.760. The Balaban J connectivity index is 1.77. The van der Waals surface area contributed by atoms with Crippen molar-refractivity contribution < 1.29 is 19.2 Å². The van der Waals surface area contributed by atoms with E-state index in [1.807, 2.05) is 0 Å². The van der Waals surface area contributed by atoms with Crippen molar-refractivity contribution in [2.75, 3.05) is 6.61 Å². The fourth-order valence-corrected chi connectivity index (χ4v) is 2.30. The summed E-state index contributed by atoms with van der Waals surface area (Å²) in [5.41, 5.74) is -0.0482. The van der Waals surface area contributed by atoms with Gasteiger partial charge in [0.15, 0.2) is 0 Å². The van der Waals surface area contributed by atoms with Crippen molar-refractivity contribution >= 4 is 11.8 Å². The number of hydrogen-bond acceptors (Lipinski definition) is 5. The van der Waals surface area contributed by atoms with Crippen LogP contribution in [0.2, 0.25) is 0 Å². The summed E-state index contributed by atoms with van der Waals surface area (Å²) in [5.74, 6) is 0.664. The molecule has 20 heavy (non-hydrogen) atoms. The van der Waals surface area contributed by atoms with Gasteiger partial charge in [-0.1, -0.05) is 19.3 Å². The lowest BCUT2D eigenvalue weighted by molar-refractivity contribution is -0.384. The fraction of sp³-hybridized carbons (Fsp3) is 0.500. The number of carbonyl (C=O) groups is 1. The Kier molecular flexibility index (Phi) is 4.92. The van der Waals surface area contributed by atoms with Crippen molar-refractivity contribution in [2.24, 2.45) is 5.92 Å². The number of nitrogens with zero attached hydrogens (tertiary/aromatic N) is 1. The van der Waals surface area contributed by atoms with Crippen LogP contribution in [0.4, 0.5) is 10.5 Å². The van der Waals surface area contributed by atoms with Gasteiger partial charge < -0.3 is 9.47 Å². The lowest BCUT2D eigenvalue weighted by atomic mass is 9.90. The maximum atomic E-state index is 11.5. The zero-order valence-corrected chi connectivity index (χ0v) is 11.1. The van der Waals surface area contributed by atoms with Crippen molar-refractivity contribution in [3.63, 3.8) is 0 Å². The van der Waals surface area contributed by atoms with Crippen LogP contribution in [0.1, 0.15) is 32.1 Å². The average molecular weight is 279 g/mol. The Labute approximate surface area is 116 Å².